The molecule has 1 aromatic heterocycles. The molecule has 28 heavy (non-hydrogen) atoms. The van der Waals surface area contributed by atoms with Crippen LogP contribution >= 0.6 is 0 Å². The Kier molecular flexibility index (Phi) is 6.77. The van der Waals surface area contributed by atoms with Gasteiger partial charge in [-0.15, -0.1) is 0 Å². The Bertz CT molecular complexity index is 880. The molecule has 0 saturated carbocycles. The minimum absolute atomic E-state index is 0.688. The molecule has 0 spiro atoms. The molecule has 3 rings (SSSR count). The van der Waals surface area contributed by atoms with Crippen LogP contribution in [0.15, 0.2) is 54.6 Å². The van der Waals surface area contributed by atoms with Crippen LogP contribution in [0, 0.1) is 13.8 Å². The first-order chi connectivity index (χ1) is 13.6. The first-order valence-corrected chi connectivity index (χ1v) is 9.87. The predicted molar refractivity (Wildman–Crippen MR) is 115 cm³/mol. The van der Waals surface area contributed by atoms with E-state index in [9.17, 15) is 0 Å². The number of aryl methyl sites for hydroxylation is 1. The zero-order valence-electron chi connectivity index (χ0n) is 17.3. The summed E-state index contributed by atoms with van der Waals surface area (Å²) in [4.78, 5) is 0. The van der Waals surface area contributed by atoms with Crippen LogP contribution in [0.25, 0.3) is 5.69 Å². The quantitative estimate of drug-likeness (QED) is 0.542. The molecule has 4 nitrogen and oxygen atoms in total. The smallest absolute Gasteiger partial charge is 0.119 e. The van der Waals surface area contributed by atoms with Crippen LogP contribution in [0.5, 0.6) is 11.5 Å². The van der Waals surface area contributed by atoms with E-state index < -0.39 is 0 Å². The molecule has 0 aliphatic heterocycles. The standard InChI is InChI=1S/C24H30N2O2/c1-5-28-24-12-8-22(9-13-24)26-18(2)16-21(19(26)3)17-25-15-14-20-6-10-23(27-4)11-7-20/h6-13,16,25H,5,14-15,17H2,1-4H3. The Morgan fingerprint density at radius 1 is 0.929 bits per heavy atom. The van der Waals surface area contributed by atoms with Crippen LogP contribution in [0.1, 0.15) is 29.4 Å². The lowest BCUT2D eigenvalue weighted by Gasteiger charge is -2.11. The monoisotopic (exact) mass is 378 g/mol. The van der Waals surface area contributed by atoms with Gasteiger partial charge in [-0.25, -0.2) is 0 Å². The van der Waals surface area contributed by atoms with Crippen molar-refractivity contribution in [2.24, 2.45) is 0 Å². The average molecular weight is 379 g/mol. The minimum atomic E-state index is 0.688. The summed E-state index contributed by atoms with van der Waals surface area (Å²) < 4.78 is 13.1. The lowest BCUT2D eigenvalue weighted by molar-refractivity contribution is 0.340. The molecule has 3 aromatic rings. The average Bonchev–Trinajstić information content (AvgIpc) is 3.00. The summed E-state index contributed by atoms with van der Waals surface area (Å²) in [6, 6.07) is 18.8. The lowest BCUT2D eigenvalue weighted by atomic mass is 10.1. The number of ether oxygens (including phenoxy) is 2. The van der Waals surface area contributed by atoms with Gasteiger partial charge in [-0.3, -0.25) is 0 Å². The Labute approximate surface area is 168 Å². The molecule has 1 N–H and O–H groups in total. The lowest BCUT2D eigenvalue weighted by Crippen LogP contribution is -2.17. The van der Waals surface area contributed by atoms with Crippen molar-refractivity contribution in [1.29, 1.82) is 0 Å². The number of nitrogens with zero attached hydrogens (tertiary/aromatic N) is 1. The van der Waals surface area contributed by atoms with Gasteiger partial charge in [-0.2, -0.15) is 0 Å². The van der Waals surface area contributed by atoms with Crippen molar-refractivity contribution in [3.8, 4) is 17.2 Å². The van der Waals surface area contributed by atoms with Gasteiger partial charge in [0.15, 0.2) is 0 Å². The summed E-state index contributed by atoms with van der Waals surface area (Å²) in [7, 11) is 1.69. The third-order valence-electron chi connectivity index (χ3n) is 5.01. The fourth-order valence-corrected chi connectivity index (χ4v) is 3.51. The van der Waals surface area contributed by atoms with Gasteiger partial charge in [0.1, 0.15) is 11.5 Å². The molecule has 2 aromatic carbocycles. The second kappa shape index (κ2) is 9.47. The van der Waals surface area contributed by atoms with E-state index in [0.717, 1.165) is 31.0 Å². The maximum Gasteiger partial charge on any atom is 0.119 e. The molecule has 0 amide bonds. The molecule has 0 bridgehead atoms. The van der Waals surface area contributed by atoms with Gasteiger partial charge < -0.3 is 19.4 Å². The summed E-state index contributed by atoms with van der Waals surface area (Å²) in [5.74, 6) is 1.81. The number of hydrogen-bond acceptors (Lipinski definition) is 3. The summed E-state index contributed by atoms with van der Waals surface area (Å²) in [5.41, 5.74) is 6.34. The van der Waals surface area contributed by atoms with E-state index in [0.29, 0.717) is 6.61 Å². The zero-order chi connectivity index (χ0) is 19.9. The van der Waals surface area contributed by atoms with E-state index in [1.807, 2.05) is 31.2 Å². The number of rotatable bonds is 9. The third-order valence-corrected chi connectivity index (χ3v) is 5.01. The second-order valence-corrected chi connectivity index (χ2v) is 6.93. The van der Waals surface area contributed by atoms with Gasteiger partial charge in [0.2, 0.25) is 0 Å². The number of aromatic nitrogens is 1. The van der Waals surface area contributed by atoms with Crippen LogP contribution in [-0.4, -0.2) is 24.8 Å². The van der Waals surface area contributed by atoms with Gasteiger partial charge in [-0.05, 0) is 87.3 Å². The minimum Gasteiger partial charge on any atom is -0.497 e. The number of benzene rings is 2. The Morgan fingerprint density at radius 2 is 1.61 bits per heavy atom. The number of hydrogen-bond donors (Lipinski definition) is 1. The van der Waals surface area contributed by atoms with Crippen LogP contribution < -0.4 is 14.8 Å². The van der Waals surface area contributed by atoms with Crippen molar-refractivity contribution in [1.82, 2.24) is 9.88 Å². The normalized spacial score (nSPS) is 10.9. The van der Waals surface area contributed by atoms with E-state index >= 15 is 0 Å². The molecule has 148 valence electrons. The van der Waals surface area contributed by atoms with Crippen LogP contribution in [0.3, 0.4) is 0 Å². The molecule has 0 radical (unpaired) electrons. The van der Waals surface area contributed by atoms with Gasteiger partial charge in [-0.1, -0.05) is 12.1 Å². The summed E-state index contributed by atoms with van der Waals surface area (Å²) in [6.45, 7) is 8.84. The van der Waals surface area contributed by atoms with Crippen LogP contribution in [0.2, 0.25) is 0 Å². The van der Waals surface area contributed by atoms with Crippen molar-refractivity contribution in [3.05, 3.63) is 77.1 Å². The molecule has 0 fully saturated rings. The van der Waals surface area contributed by atoms with Crippen LogP contribution in [-0.2, 0) is 13.0 Å². The highest BCUT2D eigenvalue weighted by atomic mass is 16.5. The molecule has 0 unspecified atom stereocenters. The molecular weight excluding hydrogens is 348 g/mol. The maximum absolute atomic E-state index is 5.55. The van der Waals surface area contributed by atoms with E-state index in [1.165, 1.54) is 28.2 Å². The molecule has 0 aliphatic carbocycles. The molecule has 0 saturated heterocycles. The van der Waals surface area contributed by atoms with Crippen molar-refractivity contribution in [2.75, 3.05) is 20.3 Å². The topological polar surface area (TPSA) is 35.4 Å². The van der Waals surface area contributed by atoms with Crippen molar-refractivity contribution in [2.45, 2.75) is 33.7 Å². The summed E-state index contributed by atoms with van der Waals surface area (Å²) in [5, 5.41) is 3.57. The van der Waals surface area contributed by atoms with Gasteiger partial charge in [0, 0.05) is 23.6 Å². The second-order valence-electron chi connectivity index (χ2n) is 6.93. The van der Waals surface area contributed by atoms with Crippen molar-refractivity contribution < 1.29 is 9.47 Å². The van der Waals surface area contributed by atoms with Gasteiger partial charge in [0.05, 0.1) is 13.7 Å². The SMILES string of the molecule is CCOc1ccc(-n2c(C)cc(CNCCc3ccc(OC)cc3)c2C)cc1. The Balaban J connectivity index is 1.59. The molecule has 1 heterocycles. The predicted octanol–water partition coefficient (Wildman–Crippen LogP) is 4.83. The highest BCUT2D eigenvalue weighted by molar-refractivity contribution is 5.43. The maximum atomic E-state index is 5.55. The first kappa shape index (κ1) is 20.0. The van der Waals surface area contributed by atoms with Crippen molar-refractivity contribution in [3.63, 3.8) is 0 Å². The van der Waals surface area contributed by atoms with E-state index in [2.05, 4.69) is 54.1 Å². The number of nitrogens with one attached hydrogen (secondary N) is 1. The van der Waals surface area contributed by atoms with Crippen LogP contribution in [0.4, 0.5) is 0 Å². The Morgan fingerprint density at radius 3 is 2.25 bits per heavy atom. The molecule has 4 heteroatoms. The summed E-state index contributed by atoms with van der Waals surface area (Å²) >= 11 is 0. The number of methoxy groups -OCH3 is 1. The van der Waals surface area contributed by atoms with Gasteiger partial charge >= 0.3 is 0 Å². The zero-order valence-corrected chi connectivity index (χ0v) is 17.3. The molecule has 0 aliphatic rings. The summed E-state index contributed by atoms with van der Waals surface area (Å²) in [6.07, 6.45) is 1.00. The van der Waals surface area contributed by atoms with Gasteiger partial charge in [0.25, 0.3) is 0 Å². The van der Waals surface area contributed by atoms with E-state index in [1.54, 1.807) is 7.11 Å². The Hall–Kier alpha value is -2.72. The first-order valence-electron chi connectivity index (χ1n) is 9.87. The van der Waals surface area contributed by atoms with E-state index in [4.69, 9.17) is 9.47 Å². The molecule has 0 atom stereocenters. The van der Waals surface area contributed by atoms with E-state index in [-0.39, 0.29) is 0 Å². The highest BCUT2D eigenvalue weighted by Gasteiger charge is 2.10. The fourth-order valence-electron chi connectivity index (χ4n) is 3.51. The molecular formula is C24H30N2O2. The fraction of sp³-hybridized carbons (Fsp3) is 0.333. The van der Waals surface area contributed by atoms with Crippen molar-refractivity contribution >= 4 is 0 Å². The highest BCUT2D eigenvalue weighted by Crippen LogP contribution is 2.23. The third kappa shape index (κ3) is 4.76. The largest absolute Gasteiger partial charge is 0.497 e.